The summed E-state index contributed by atoms with van der Waals surface area (Å²) < 4.78 is 5.45. The minimum atomic E-state index is 0.481. The fourth-order valence-corrected chi connectivity index (χ4v) is 1.75. The maximum absolute atomic E-state index is 5.45. The van der Waals surface area contributed by atoms with Gasteiger partial charge >= 0.3 is 0 Å². The Morgan fingerprint density at radius 1 is 1.50 bits per heavy atom. The lowest BCUT2D eigenvalue weighted by Gasteiger charge is -2.26. The first-order valence-electron chi connectivity index (χ1n) is 4.30. The number of hydrogen-bond acceptors (Lipinski definition) is 1. The Hall–Kier alpha value is -0.0400. The average molecular weight is 142 g/mol. The summed E-state index contributed by atoms with van der Waals surface area (Å²) in [6, 6.07) is 0. The largest absolute Gasteiger partial charge is 0.381 e. The van der Waals surface area contributed by atoms with Crippen LogP contribution in [0.25, 0.3) is 0 Å². The Morgan fingerprint density at radius 2 is 2.20 bits per heavy atom. The molecule has 2 unspecified atom stereocenters. The van der Waals surface area contributed by atoms with E-state index in [2.05, 4.69) is 20.8 Å². The second-order valence-corrected chi connectivity index (χ2v) is 3.63. The van der Waals surface area contributed by atoms with Gasteiger partial charge < -0.3 is 4.74 Å². The molecular formula is C9H18O. The molecule has 2 atom stereocenters. The highest BCUT2D eigenvalue weighted by molar-refractivity contribution is 4.84. The predicted molar refractivity (Wildman–Crippen MR) is 43.0 cm³/mol. The summed E-state index contributed by atoms with van der Waals surface area (Å²) >= 11 is 0. The molecule has 1 rings (SSSR count). The monoisotopic (exact) mass is 142 g/mol. The number of rotatable bonds is 2. The highest BCUT2D eigenvalue weighted by Crippen LogP contribution is 2.38. The van der Waals surface area contributed by atoms with Gasteiger partial charge in [-0.05, 0) is 17.8 Å². The summed E-state index contributed by atoms with van der Waals surface area (Å²) in [6.07, 6.45) is 2.52. The third kappa shape index (κ3) is 1.20. The van der Waals surface area contributed by atoms with Gasteiger partial charge in [0.05, 0.1) is 13.2 Å². The van der Waals surface area contributed by atoms with Crippen molar-refractivity contribution in [3.8, 4) is 0 Å². The molecule has 0 aromatic carbocycles. The van der Waals surface area contributed by atoms with Gasteiger partial charge in [-0.25, -0.2) is 0 Å². The Balaban J connectivity index is 2.56. The normalized spacial score (nSPS) is 40.5. The average Bonchev–Trinajstić information content (AvgIpc) is 2.32. The quantitative estimate of drug-likeness (QED) is 0.575. The molecule has 1 nitrogen and oxygen atoms in total. The molecule has 10 heavy (non-hydrogen) atoms. The zero-order valence-electron chi connectivity index (χ0n) is 7.31. The van der Waals surface area contributed by atoms with Crippen LogP contribution in [0.15, 0.2) is 0 Å². The van der Waals surface area contributed by atoms with E-state index < -0.39 is 0 Å². The van der Waals surface area contributed by atoms with Gasteiger partial charge in [0.15, 0.2) is 0 Å². The second kappa shape index (κ2) is 2.91. The minimum absolute atomic E-state index is 0.481. The molecule has 0 spiro atoms. The van der Waals surface area contributed by atoms with Crippen LogP contribution in [0, 0.1) is 11.3 Å². The molecule has 1 aliphatic rings. The molecule has 0 aromatic heterocycles. The van der Waals surface area contributed by atoms with Crippen LogP contribution < -0.4 is 0 Å². The molecule has 0 radical (unpaired) electrons. The Morgan fingerprint density at radius 3 is 2.60 bits per heavy atom. The molecule has 0 bridgehead atoms. The van der Waals surface area contributed by atoms with Crippen LogP contribution in [0.5, 0.6) is 0 Å². The fourth-order valence-electron chi connectivity index (χ4n) is 1.75. The highest BCUT2D eigenvalue weighted by atomic mass is 16.5. The first-order valence-corrected chi connectivity index (χ1v) is 4.30. The van der Waals surface area contributed by atoms with E-state index in [1.807, 2.05) is 0 Å². The van der Waals surface area contributed by atoms with E-state index in [4.69, 9.17) is 4.74 Å². The van der Waals surface area contributed by atoms with E-state index >= 15 is 0 Å². The van der Waals surface area contributed by atoms with Gasteiger partial charge in [-0.2, -0.15) is 0 Å². The summed E-state index contributed by atoms with van der Waals surface area (Å²) in [5, 5.41) is 0. The third-order valence-electron chi connectivity index (χ3n) is 3.04. The van der Waals surface area contributed by atoms with Crippen molar-refractivity contribution in [2.45, 2.75) is 33.6 Å². The van der Waals surface area contributed by atoms with Crippen molar-refractivity contribution in [1.82, 2.24) is 0 Å². The van der Waals surface area contributed by atoms with Gasteiger partial charge in [0, 0.05) is 0 Å². The van der Waals surface area contributed by atoms with Crippen LogP contribution in [0.1, 0.15) is 33.6 Å². The first kappa shape index (κ1) is 8.06. The van der Waals surface area contributed by atoms with Gasteiger partial charge in [-0.1, -0.05) is 27.2 Å². The summed E-state index contributed by atoms with van der Waals surface area (Å²) in [4.78, 5) is 0. The zero-order chi connectivity index (χ0) is 7.61. The Bertz CT molecular complexity index is 111. The minimum Gasteiger partial charge on any atom is -0.381 e. The van der Waals surface area contributed by atoms with Crippen LogP contribution in [0.2, 0.25) is 0 Å². The summed E-state index contributed by atoms with van der Waals surface area (Å²) in [5.41, 5.74) is 0.481. The number of hydrogen-bond donors (Lipinski definition) is 0. The predicted octanol–water partition coefficient (Wildman–Crippen LogP) is 2.46. The van der Waals surface area contributed by atoms with Crippen LogP contribution in [0.4, 0.5) is 0 Å². The van der Waals surface area contributed by atoms with E-state index in [0.29, 0.717) is 5.41 Å². The summed E-state index contributed by atoms with van der Waals surface area (Å²) in [6.45, 7) is 8.82. The van der Waals surface area contributed by atoms with Crippen molar-refractivity contribution < 1.29 is 4.74 Å². The van der Waals surface area contributed by atoms with Crippen LogP contribution >= 0.6 is 0 Å². The molecule has 1 saturated heterocycles. The lowest BCUT2D eigenvalue weighted by molar-refractivity contribution is 0.157. The molecule has 0 aromatic rings. The van der Waals surface area contributed by atoms with Crippen molar-refractivity contribution >= 4 is 0 Å². The van der Waals surface area contributed by atoms with E-state index in [1.165, 1.54) is 12.8 Å². The lowest BCUT2D eigenvalue weighted by Crippen LogP contribution is -2.24. The van der Waals surface area contributed by atoms with E-state index in [1.54, 1.807) is 0 Å². The van der Waals surface area contributed by atoms with Crippen LogP contribution in [-0.2, 0) is 4.74 Å². The van der Waals surface area contributed by atoms with Crippen molar-refractivity contribution in [3.63, 3.8) is 0 Å². The van der Waals surface area contributed by atoms with Crippen molar-refractivity contribution in [2.24, 2.45) is 11.3 Å². The molecular weight excluding hydrogens is 124 g/mol. The second-order valence-electron chi connectivity index (χ2n) is 3.63. The van der Waals surface area contributed by atoms with Gasteiger partial charge in [0.25, 0.3) is 0 Å². The van der Waals surface area contributed by atoms with Crippen molar-refractivity contribution in [3.05, 3.63) is 0 Å². The molecule has 0 N–H and O–H groups in total. The summed E-state index contributed by atoms with van der Waals surface area (Å²) in [7, 11) is 0. The molecule has 0 aliphatic carbocycles. The molecule has 1 aliphatic heterocycles. The van der Waals surface area contributed by atoms with Gasteiger partial charge in [0.2, 0.25) is 0 Å². The van der Waals surface area contributed by atoms with E-state index in [-0.39, 0.29) is 0 Å². The fraction of sp³-hybridized carbons (Fsp3) is 1.00. The van der Waals surface area contributed by atoms with E-state index in [9.17, 15) is 0 Å². The van der Waals surface area contributed by atoms with Gasteiger partial charge in [-0.3, -0.25) is 0 Å². The van der Waals surface area contributed by atoms with Gasteiger partial charge in [-0.15, -0.1) is 0 Å². The van der Waals surface area contributed by atoms with E-state index in [0.717, 1.165) is 19.1 Å². The van der Waals surface area contributed by atoms with Crippen LogP contribution in [-0.4, -0.2) is 13.2 Å². The molecule has 0 amide bonds. The van der Waals surface area contributed by atoms with Crippen molar-refractivity contribution in [1.29, 1.82) is 0 Å². The Labute approximate surface area is 63.8 Å². The maximum atomic E-state index is 5.45. The highest BCUT2D eigenvalue weighted by Gasteiger charge is 2.36. The molecule has 1 heteroatoms. The lowest BCUT2D eigenvalue weighted by atomic mass is 9.76. The molecule has 0 saturated carbocycles. The van der Waals surface area contributed by atoms with Crippen molar-refractivity contribution in [2.75, 3.05) is 13.2 Å². The SMILES string of the molecule is CCC1COCC1(C)CC. The number of ether oxygens (including phenoxy) is 1. The Kier molecular flexibility index (Phi) is 2.35. The summed E-state index contributed by atoms with van der Waals surface area (Å²) in [5.74, 6) is 0.803. The van der Waals surface area contributed by atoms with Crippen LogP contribution in [0.3, 0.4) is 0 Å². The third-order valence-corrected chi connectivity index (χ3v) is 3.04. The molecule has 1 fully saturated rings. The first-order chi connectivity index (χ1) is 4.73. The topological polar surface area (TPSA) is 9.23 Å². The molecule has 1 heterocycles. The van der Waals surface area contributed by atoms with Gasteiger partial charge in [0.1, 0.15) is 0 Å². The molecule has 60 valence electrons. The maximum Gasteiger partial charge on any atom is 0.0523 e. The standard InChI is InChI=1S/C9H18O/c1-4-8-6-10-7-9(8,3)5-2/h8H,4-7H2,1-3H3. The smallest absolute Gasteiger partial charge is 0.0523 e. The zero-order valence-corrected chi connectivity index (χ0v) is 7.31.